The van der Waals surface area contributed by atoms with Crippen LogP contribution in [0.25, 0.3) is 32.7 Å². The summed E-state index contributed by atoms with van der Waals surface area (Å²) in [4.78, 5) is 4.77. The maximum atomic E-state index is 2.41. The van der Waals surface area contributed by atoms with E-state index in [0.29, 0.717) is 0 Å². The minimum atomic E-state index is -0.156. The third-order valence-electron chi connectivity index (χ3n) is 10.5. The van der Waals surface area contributed by atoms with Crippen LogP contribution in [-0.4, -0.2) is 0 Å². The normalized spacial score (nSPS) is 13.2. The second-order valence-corrected chi connectivity index (χ2v) is 13.9. The van der Waals surface area contributed by atoms with Crippen molar-refractivity contribution in [3.8, 4) is 11.1 Å². The molecule has 0 saturated heterocycles. The minimum absolute atomic E-state index is 0.156. The molecule has 0 spiro atoms. The lowest BCUT2D eigenvalue weighted by Gasteiger charge is -2.42. The number of aryl methyl sites for hydroxylation is 1. The van der Waals surface area contributed by atoms with Crippen molar-refractivity contribution in [1.82, 2.24) is 0 Å². The Morgan fingerprint density at radius 2 is 1.04 bits per heavy atom. The summed E-state index contributed by atoms with van der Waals surface area (Å²) < 4.78 is 0. The van der Waals surface area contributed by atoms with E-state index in [1.165, 1.54) is 66.4 Å². The number of hydrogen-bond donors (Lipinski definition) is 0. The monoisotopic (exact) mass is 642 g/mol. The van der Waals surface area contributed by atoms with Crippen molar-refractivity contribution in [3.63, 3.8) is 0 Å². The first kappa shape index (κ1) is 30.0. The molecule has 1 heterocycles. The molecule has 8 aromatic rings. The molecule has 0 unspecified atom stereocenters. The first-order chi connectivity index (χ1) is 24.5. The molecule has 0 aliphatic carbocycles. The molecule has 50 heavy (non-hydrogen) atoms. The van der Waals surface area contributed by atoms with Crippen molar-refractivity contribution in [2.24, 2.45) is 0 Å². The molecule has 0 bridgehead atoms. The molecule has 0 fully saturated rings. The van der Waals surface area contributed by atoms with Crippen LogP contribution in [0.4, 0.5) is 34.1 Å². The molecule has 0 amide bonds. The fourth-order valence-electron chi connectivity index (χ4n) is 7.99. The fraction of sp³-hybridized carbons (Fsp3) is 0.0833. The highest BCUT2D eigenvalue weighted by Crippen LogP contribution is 2.52. The first-order valence-corrected chi connectivity index (χ1v) is 17.4. The van der Waals surface area contributed by atoms with Crippen LogP contribution in [0.15, 0.2) is 176 Å². The highest BCUT2D eigenvalue weighted by molar-refractivity contribution is 6.10. The molecule has 1 aliphatic heterocycles. The van der Waals surface area contributed by atoms with E-state index >= 15 is 0 Å². The van der Waals surface area contributed by atoms with E-state index in [-0.39, 0.29) is 5.41 Å². The number of para-hydroxylation sites is 3. The molecule has 9 rings (SSSR count). The molecular weight excluding hydrogens is 605 g/mol. The molecule has 0 radical (unpaired) electrons. The number of rotatable bonds is 5. The Bertz CT molecular complexity index is 2510. The molecule has 1 aliphatic rings. The van der Waals surface area contributed by atoms with Crippen molar-refractivity contribution in [3.05, 3.63) is 193 Å². The average molecular weight is 643 g/mol. The quantitative estimate of drug-likeness (QED) is 0.172. The standard InChI is InChI=1S/C48H38N2/c1-33-30-36-31-40(27-28-42(36)43-19-11-10-18-41(33)43)49(37-14-6-4-7-15-37)39-25-22-34(23-26-39)35-24-29-47-45(32-35)48(2,3)44-20-12-13-21-46(44)50(47)38-16-8-5-9-17-38/h4-32H,1-3H3. The van der Waals surface area contributed by atoms with Gasteiger partial charge in [0, 0.05) is 28.2 Å². The Morgan fingerprint density at radius 1 is 0.440 bits per heavy atom. The van der Waals surface area contributed by atoms with Crippen molar-refractivity contribution in [2.45, 2.75) is 26.2 Å². The lowest BCUT2D eigenvalue weighted by atomic mass is 9.73. The van der Waals surface area contributed by atoms with Gasteiger partial charge in [-0.15, -0.1) is 0 Å². The number of benzene rings is 8. The van der Waals surface area contributed by atoms with Gasteiger partial charge in [-0.25, -0.2) is 0 Å². The third kappa shape index (κ3) is 4.87. The van der Waals surface area contributed by atoms with Crippen LogP contribution in [0.5, 0.6) is 0 Å². The second kappa shape index (κ2) is 11.8. The minimum Gasteiger partial charge on any atom is -0.310 e. The van der Waals surface area contributed by atoms with Crippen LogP contribution in [0.2, 0.25) is 0 Å². The SMILES string of the molecule is Cc1cc2cc(N(c3ccccc3)c3ccc(-c4ccc5c(c4)C(C)(C)c4ccccc4N5c4ccccc4)cc3)ccc2c2ccccc12. The Balaban J connectivity index is 1.13. The molecule has 0 saturated carbocycles. The van der Waals surface area contributed by atoms with Gasteiger partial charge in [-0.05, 0) is 123 Å². The first-order valence-electron chi connectivity index (χ1n) is 17.4. The molecule has 0 aromatic heterocycles. The summed E-state index contributed by atoms with van der Waals surface area (Å²) in [5, 5.41) is 5.14. The van der Waals surface area contributed by atoms with Crippen LogP contribution < -0.4 is 9.80 Å². The smallest absolute Gasteiger partial charge is 0.0503 e. The second-order valence-electron chi connectivity index (χ2n) is 13.9. The van der Waals surface area contributed by atoms with Crippen LogP contribution >= 0.6 is 0 Å². The van der Waals surface area contributed by atoms with E-state index in [2.05, 4.69) is 206 Å². The molecule has 2 nitrogen and oxygen atoms in total. The van der Waals surface area contributed by atoms with E-state index < -0.39 is 0 Å². The predicted octanol–water partition coefficient (Wildman–Crippen LogP) is 13.5. The van der Waals surface area contributed by atoms with Gasteiger partial charge in [0.25, 0.3) is 0 Å². The Kier molecular flexibility index (Phi) is 7.07. The van der Waals surface area contributed by atoms with Crippen LogP contribution in [-0.2, 0) is 5.41 Å². The van der Waals surface area contributed by atoms with Gasteiger partial charge in [-0.1, -0.05) is 123 Å². The number of anilines is 6. The number of nitrogens with zero attached hydrogens (tertiary/aromatic N) is 2. The van der Waals surface area contributed by atoms with Gasteiger partial charge in [0.05, 0.1) is 11.4 Å². The topological polar surface area (TPSA) is 6.48 Å². The van der Waals surface area contributed by atoms with Gasteiger partial charge in [0.1, 0.15) is 0 Å². The lowest BCUT2D eigenvalue weighted by molar-refractivity contribution is 0.632. The molecule has 2 heteroatoms. The molecule has 0 N–H and O–H groups in total. The Hall–Kier alpha value is -6.12. The Labute approximate surface area is 294 Å². The summed E-state index contributed by atoms with van der Waals surface area (Å²) in [7, 11) is 0. The molecule has 8 aromatic carbocycles. The van der Waals surface area contributed by atoms with Crippen LogP contribution in [0, 0.1) is 6.92 Å². The summed E-state index contributed by atoms with van der Waals surface area (Å²) in [6.07, 6.45) is 0. The van der Waals surface area contributed by atoms with E-state index in [9.17, 15) is 0 Å². The molecule has 0 atom stereocenters. The zero-order chi connectivity index (χ0) is 33.8. The van der Waals surface area contributed by atoms with E-state index in [1.807, 2.05) is 0 Å². The van der Waals surface area contributed by atoms with Gasteiger partial charge < -0.3 is 9.80 Å². The van der Waals surface area contributed by atoms with Crippen molar-refractivity contribution < 1.29 is 0 Å². The van der Waals surface area contributed by atoms with E-state index in [0.717, 1.165) is 17.1 Å². The largest absolute Gasteiger partial charge is 0.310 e. The summed E-state index contributed by atoms with van der Waals surface area (Å²) in [6.45, 7) is 6.92. The molecule has 240 valence electrons. The van der Waals surface area contributed by atoms with E-state index in [4.69, 9.17) is 0 Å². The zero-order valence-electron chi connectivity index (χ0n) is 28.6. The van der Waals surface area contributed by atoms with Crippen LogP contribution in [0.1, 0.15) is 30.5 Å². The maximum Gasteiger partial charge on any atom is 0.0503 e. The number of hydrogen-bond acceptors (Lipinski definition) is 2. The van der Waals surface area contributed by atoms with Gasteiger partial charge in [-0.2, -0.15) is 0 Å². The highest BCUT2D eigenvalue weighted by atomic mass is 15.2. The van der Waals surface area contributed by atoms with Crippen molar-refractivity contribution >= 4 is 55.7 Å². The molecular formula is C48H38N2. The van der Waals surface area contributed by atoms with Crippen molar-refractivity contribution in [1.29, 1.82) is 0 Å². The summed E-state index contributed by atoms with van der Waals surface area (Å²) >= 11 is 0. The van der Waals surface area contributed by atoms with Gasteiger partial charge in [0.2, 0.25) is 0 Å². The third-order valence-corrected chi connectivity index (χ3v) is 10.5. The van der Waals surface area contributed by atoms with Crippen LogP contribution in [0.3, 0.4) is 0 Å². The van der Waals surface area contributed by atoms with Crippen molar-refractivity contribution in [2.75, 3.05) is 9.80 Å². The number of fused-ring (bicyclic) bond motifs is 5. The highest BCUT2D eigenvalue weighted by Gasteiger charge is 2.36. The summed E-state index contributed by atoms with van der Waals surface area (Å²) in [6, 6.07) is 64.2. The summed E-state index contributed by atoms with van der Waals surface area (Å²) in [5.74, 6) is 0. The average Bonchev–Trinajstić information content (AvgIpc) is 3.16. The maximum absolute atomic E-state index is 2.41. The van der Waals surface area contributed by atoms with E-state index in [1.54, 1.807) is 0 Å². The van der Waals surface area contributed by atoms with Gasteiger partial charge in [-0.3, -0.25) is 0 Å². The van der Waals surface area contributed by atoms with Gasteiger partial charge >= 0.3 is 0 Å². The lowest BCUT2D eigenvalue weighted by Crippen LogP contribution is -2.30. The predicted molar refractivity (Wildman–Crippen MR) is 213 cm³/mol. The summed E-state index contributed by atoms with van der Waals surface area (Å²) in [5.41, 5.74) is 13.3. The van der Waals surface area contributed by atoms with Gasteiger partial charge in [0.15, 0.2) is 0 Å². The Morgan fingerprint density at radius 3 is 1.82 bits per heavy atom. The zero-order valence-corrected chi connectivity index (χ0v) is 28.6. The fourth-order valence-corrected chi connectivity index (χ4v) is 7.99.